The molecule has 0 amide bonds. The lowest BCUT2D eigenvalue weighted by atomic mass is 10.2. The Balaban J connectivity index is 1.95. The Bertz CT molecular complexity index is 378. The molecule has 0 aliphatic carbocycles. The van der Waals surface area contributed by atoms with Crippen LogP contribution in [0.25, 0.3) is 0 Å². The van der Waals surface area contributed by atoms with E-state index in [9.17, 15) is 0 Å². The summed E-state index contributed by atoms with van der Waals surface area (Å²) in [6.07, 6.45) is 0. The van der Waals surface area contributed by atoms with Crippen molar-refractivity contribution in [3.63, 3.8) is 0 Å². The van der Waals surface area contributed by atoms with Gasteiger partial charge in [0.1, 0.15) is 0 Å². The summed E-state index contributed by atoms with van der Waals surface area (Å²) in [5, 5.41) is 16.7. The van der Waals surface area contributed by atoms with Crippen LogP contribution in [-0.4, -0.2) is 20.6 Å². The van der Waals surface area contributed by atoms with E-state index >= 15 is 0 Å². The first-order valence-electron chi connectivity index (χ1n) is 4.37. The third-order valence-corrected chi connectivity index (χ3v) is 1.89. The quantitative estimate of drug-likeness (QED) is 0.759. The fourth-order valence-electron chi connectivity index (χ4n) is 1.11. The number of aromatic nitrogens is 4. The lowest BCUT2D eigenvalue weighted by molar-refractivity contribution is 0.881. The van der Waals surface area contributed by atoms with Gasteiger partial charge in [-0.3, -0.25) is 0 Å². The summed E-state index contributed by atoms with van der Waals surface area (Å²) in [7, 11) is 0. The van der Waals surface area contributed by atoms with Gasteiger partial charge in [0, 0.05) is 5.69 Å². The molecule has 0 unspecified atom stereocenters. The predicted octanol–water partition coefficient (Wildman–Crippen LogP) is 1.12. The molecule has 1 aromatic carbocycles. The van der Waals surface area contributed by atoms with Gasteiger partial charge >= 0.3 is 0 Å². The standard InChI is InChI=1S/C9H11N5/c1-7-2-4-8(5-3-7)10-6-9-11-13-14-12-9/h2-5,10H,6H2,1H3,(H,11,12,13,14). The van der Waals surface area contributed by atoms with E-state index in [1.165, 1.54) is 5.56 Å². The van der Waals surface area contributed by atoms with E-state index in [0.717, 1.165) is 5.69 Å². The lowest BCUT2D eigenvalue weighted by Crippen LogP contribution is -2.01. The van der Waals surface area contributed by atoms with Gasteiger partial charge in [0.2, 0.25) is 0 Å². The molecule has 0 atom stereocenters. The second-order valence-corrected chi connectivity index (χ2v) is 3.05. The van der Waals surface area contributed by atoms with Crippen LogP contribution < -0.4 is 5.32 Å². The van der Waals surface area contributed by atoms with Crippen molar-refractivity contribution in [1.82, 2.24) is 20.6 Å². The summed E-state index contributed by atoms with van der Waals surface area (Å²) >= 11 is 0. The van der Waals surface area contributed by atoms with Crippen LogP contribution in [0.5, 0.6) is 0 Å². The summed E-state index contributed by atoms with van der Waals surface area (Å²) < 4.78 is 0. The van der Waals surface area contributed by atoms with Crippen molar-refractivity contribution in [3.05, 3.63) is 35.7 Å². The molecule has 0 aliphatic rings. The minimum absolute atomic E-state index is 0.583. The molecule has 5 nitrogen and oxygen atoms in total. The van der Waals surface area contributed by atoms with Gasteiger partial charge < -0.3 is 5.32 Å². The van der Waals surface area contributed by atoms with Crippen LogP contribution in [0.15, 0.2) is 24.3 Å². The number of rotatable bonds is 3. The van der Waals surface area contributed by atoms with Crippen LogP contribution in [-0.2, 0) is 6.54 Å². The van der Waals surface area contributed by atoms with Gasteiger partial charge in [0.05, 0.1) is 6.54 Å². The highest BCUT2D eigenvalue weighted by atomic mass is 15.5. The van der Waals surface area contributed by atoms with Crippen LogP contribution in [0.4, 0.5) is 5.69 Å². The molecule has 0 aliphatic heterocycles. The molecule has 0 saturated carbocycles. The highest BCUT2D eigenvalue weighted by Crippen LogP contribution is 2.08. The van der Waals surface area contributed by atoms with E-state index in [-0.39, 0.29) is 0 Å². The minimum atomic E-state index is 0.583. The molecule has 0 bridgehead atoms. The van der Waals surface area contributed by atoms with Crippen molar-refractivity contribution < 1.29 is 0 Å². The van der Waals surface area contributed by atoms with Crippen LogP contribution in [0.3, 0.4) is 0 Å². The Morgan fingerprint density at radius 2 is 2.07 bits per heavy atom. The Hall–Kier alpha value is -1.91. The summed E-state index contributed by atoms with van der Waals surface area (Å²) in [5.41, 5.74) is 2.30. The average Bonchev–Trinajstić information content (AvgIpc) is 2.70. The van der Waals surface area contributed by atoms with E-state index in [2.05, 4.69) is 45.0 Å². The van der Waals surface area contributed by atoms with E-state index in [1.54, 1.807) is 0 Å². The zero-order valence-corrected chi connectivity index (χ0v) is 7.86. The molecule has 0 spiro atoms. The maximum absolute atomic E-state index is 3.84. The summed E-state index contributed by atoms with van der Waals surface area (Å²) in [6.45, 7) is 2.64. The van der Waals surface area contributed by atoms with Gasteiger partial charge in [-0.1, -0.05) is 22.9 Å². The minimum Gasteiger partial charge on any atom is -0.378 e. The molecule has 72 valence electrons. The molecule has 14 heavy (non-hydrogen) atoms. The summed E-state index contributed by atoms with van der Waals surface area (Å²) in [5.74, 6) is 0.658. The van der Waals surface area contributed by atoms with E-state index in [1.807, 2.05) is 12.1 Å². The third-order valence-electron chi connectivity index (χ3n) is 1.89. The molecule has 2 N–H and O–H groups in total. The van der Waals surface area contributed by atoms with Crippen LogP contribution in [0.2, 0.25) is 0 Å². The van der Waals surface area contributed by atoms with Gasteiger partial charge in [0.15, 0.2) is 5.82 Å². The molecular weight excluding hydrogens is 178 g/mol. The largest absolute Gasteiger partial charge is 0.378 e. The normalized spacial score (nSPS) is 10.1. The monoisotopic (exact) mass is 189 g/mol. The highest BCUT2D eigenvalue weighted by molar-refractivity contribution is 5.44. The zero-order chi connectivity index (χ0) is 9.80. The number of nitrogens with one attached hydrogen (secondary N) is 2. The number of H-pyrrole nitrogens is 1. The Labute approximate surface area is 81.5 Å². The number of anilines is 1. The maximum Gasteiger partial charge on any atom is 0.193 e. The van der Waals surface area contributed by atoms with Gasteiger partial charge in [-0.25, -0.2) is 0 Å². The SMILES string of the molecule is Cc1ccc(NCc2nn[nH]n2)cc1. The number of benzene rings is 1. The van der Waals surface area contributed by atoms with Crippen molar-refractivity contribution in [2.75, 3.05) is 5.32 Å². The van der Waals surface area contributed by atoms with Gasteiger partial charge in [-0.05, 0) is 19.1 Å². The van der Waals surface area contributed by atoms with Crippen LogP contribution in [0, 0.1) is 6.92 Å². The number of aromatic amines is 1. The molecule has 0 radical (unpaired) electrons. The van der Waals surface area contributed by atoms with Crippen LogP contribution in [0.1, 0.15) is 11.4 Å². The summed E-state index contributed by atoms with van der Waals surface area (Å²) in [4.78, 5) is 0. The van der Waals surface area contributed by atoms with E-state index in [0.29, 0.717) is 12.4 Å². The molecule has 0 fully saturated rings. The fourth-order valence-corrected chi connectivity index (χ4v) is 1.11. The van der Waals surface area contributed by atoms with Gasteiger partial charge in [-0.2, -0.15) is 5.21 Å². The Morgan fingerprint density at radius 3 is 2.71 bits per heavy atom. The van der Waals surface area contributed by atoms with Crippen molar-refractivity contribution in [2.24, 2.45) is 0 Å². The van der Waals surface area contributed by atoms with E-state index < -0.39 is 0 Å². The summed E-state index contributed by atoms with van der Waals surface area (Å²) in [6, 6.07) is 8.15. The molecule has 2 rings (SSSR count). The zero-order valence-electron chi connectivity index (χ0n) is 7.86. The molecular formula is C9H11N5. The van der Waals surface area contributed by atoms with Gasteiger partial charge in [0.25, 0.3) is 0 Å². The topological polar surface area (TPSA) is 66.5 Å². The smallest absolute Gasteiger partial charge is 0.193 e. The first-order valence-corrected chi connectivity index (χ1v) is 4.37. The average molecular weight is 189 g/mol. The maximum atomic E-state index is 3.84. The van der Waals surface area contributed by atoms with Crippen molar-refractivity contribution in [1.29, 1.82) is 0 Å². The predicted molar refractivity (Wildman–Crippen MR) is 52.7 cm³/mol. The number of hydrogen-bond donors (Lipinski definition) is 2. The fraction of sp³-hybridized carbons (Fsp3) is 0.222. The lowest BCUT2D eigenvalue weighted by Gasteiger charge is -2.02. The number of aryl methyl sites for hydroxylation is 1. The van der Waals surface area contributed by atoms with Gasteiger partial charge in [-0.15, -0.1) is 10.2 Å². The number of tetrazole rings is 1. The first-order chi connectivity index (χ1) is 6.84. The second kappa shape index (κ2) is 3.87. The molecule has 1 heterocycles. The molecule has 5 heteroatoms. The Morgan fingerprint density at radius 1 is 1.29 bits per heavy atom. The second-order valence-electron chi connectivity index (χ2n) is 3.05. The number of nitrogens with zero attached hydrogens (tertiary/aromatic N) is 3. The highest BCUT2D eigenvalue weighted by Gasteiger charge is 1.96. The first kappa shape index (κ1) is 8.68. The van der Waals surface area contributed by atoms with E-state index in [4.69, 9.17) is 0 Å². The van der Waals surface area contributed by atoms with Crippen LogP contribution >= 0.6 is 0 Å². The molecule has 2 aromatic rings. The molecule has 1 aromatic heterocycles. The molecule has 0 saturated heterocycles. The number of hydrogen-bond acceptors (Lipinski definition) is 4. The third kappa shape index (κ3) is 2.07. The van der Waals surface area contributed by atoms with Crippen molar-refractivity contribution >= 4 is 5.69 Å². The van der Waals surface area contributed by atoms with Crippen molar-refractivity contribution in [3.8, 4) is 0 Å². The Kier molecular flexibility index (Phi) is 2.40. The van der Waals surface area contributed by atoms with Crippen molar-refractivity contribution in [2.45, 2.75) is 13.5 Å².